The first-order valence-electron chi connectivity index (χ1n) is 19.0. The van der Waals surface area contributed by atoms with Crippen molar-refractivity contribution in [2.75, 3.05) is 12.5 Å². The van der Waals surface area contributed by atoms with Crippen molar-refractivity contribution < 1.29 is 43.9 Å². The van der Waals surface area contributed by atoms with Crippen LogP contribution in [0.15, 0.2) is 84.9 Å². The molecule has 4 aromatic carbocycles. The molecule has 2 aliphatic rings. The highest BCUT2D eigenvalue weighted by atomic mass is 35.5. The lowest BCUT2D eigenvalue weighted by Crippen LogP contribution is -2.52. The quantitative estimate of drug-likeness (QED) is 0.133. The maximum atomic E-state index is 11.8. The molecule has 10 atom stereocenters. The maximum Gasteiger partial charge on any atom is 0.303 e. The zero-order valence-electron chi connectivity index (χ0n) is 33.6. The van der Waals surface area contributed by atoms with E-state index in [9.17, 15) is 24.9 Å². The molecule has 0 aromatic heterocycles. The van der Waals surface area contributed by atoms with Gasteiger partial charge in [-0.15, -0.1) is 23.5 Å². The van der Waals surface area contributed by atoms with E-state index < -0.39 is 59.4 Å². The highest BCUT2D eigenvalue weighted by Gasteiger charge is 2.48. The summed E-state index contributed by atoms with van der Waals surface area (Å²) in [7, 11) is 0. The van der Waals surface area contributed by atoms with E-state index in [-0.39, 0.29) is 12.0 Å². The summed E-state index contributed by atoms with van der Waals surface area (Å²) in [6.07, 6.45) is -0.946. The fourth-order valence-corrected chi connectivity index (χ4v) is 8.96. The van der Waals surface area contributed by atoms with Gasteiger partial charge in [0.15, 0.2) is 6.10 Å². The summed E-state index contributed by atoms with van der Waals surface area (Å²) in [4.78, 5) is 23.5. The van der Waals surface area contributed by atoms with E-state index in [1.165, 1.54) is 54.1 Å². The van der Waals surface area contributed by atoms with Gasteiger partial charge in [-0.3, -0.25) is 9.59 Å². The Hall–Kier alpha value is -3.10. The molecular formula is C45H52Cl2O9S2. The second-order valence-corrected chi connectivity index (χ2v) is 17.5. The highest BCUT2D eigenvalue weighted by molar-refractivity contribution is 7.99. The minimum absolute atomic E-state index is 0.236. The molecule has 9 nitrogen and oxygen atoms in total. The number of aliphatic hydroxyl groups is 3. The number of halogens is 2. The zero-order chi connectivity index (χ0) is 42.3. The van der Waals surface area contributed by atoms with E-state index in [0.717, 1.165) is 27.8 Å². The summed E-state index contributed by atoms with van der Waals surface area (Å²) in [6.45, 7) is 8.75. The summed E-state index contributed by atoms with van der Waals surface area (Å²) >= 11 is 15.6. The zero-order valence-corrected chi connectivity index (χ0v) is 36.8. The first-order chi connectivity index (χ1) is 27.6. The Morgan fingerprint density at radius 2 is 1.05 bits per heavy atom. The number of hydrogen-bond donors (Lipinski definition) is 3. The van der Waals surface area contributed by atoms with Gasteiger partial charge >= 0.3 is 11.9 Å². The number of aryl methyl sites for hydroxylation is 2. The fourth-order valence-electron chi connectivity index (χ4n) is 7.21. The molecule has 0 amide bonds. The monoisotopic (exact) mass is 870 g/mol. The summed E-state index contributed by atoms with van der Waals surface area (Å²) in [5.41, 5.74) is 7.23. The number of ether oxygens (including phenoxy) is 4. The molecule has 0 unspecified atom stereocenters. The number of benzene rings is 4. The van der Waals surface area contributed by atoms with Gasteiger partial charge in [0.2, 0.25) is 0 Å². The van der Waals surface area contributed by atoms with E-state index in [0.29, 0.717) is 22.9 Å². The summed E-state index contributed by atoms with van der Waals surface area (Å²) < 4.78 is 23.3. The van der Waals surface area contributed by atoms with E-state index in [1.807, 2.05) is 38.3 Å². The topological polar surface area (TPSA) is 132 Å². The lowest BCUT2D eigenvalue weighted by molar-refractivity contribution is -0.208. The van der Waals surface area contributed by atoms with Crippen LogP contribution in [0.5, 0.6) is 0 Å². The standard InChI is InChI=1S/C25H29ClO5S.C20H23ClO4S/c1-14-6-8-18(9-7-14)12-20-13-19(10-11-21(20)26)22-15(2)23(29-16(3)27)24(30-17(4)28)25(31-22)32-5;1-11-3-5-12(6-4-11)9-14-10-13(7-8-15(14)21)19-17(23)16(22)18(24)20(25-19)26-2/h6-11,13,15,22-25H,12H2,1-5H3;3-8,10,16-20,22-24H,9H2,1-2H3/t15-,22+,23+,24-,25+;16-,17-,18+,19+,20-/m01/s1. The van der Waals surface area contributed by atoms with E-state index in [4.69, 9.17) is 42.1 Å². The van der Waals surface area contributed by atoms with Crippen LogP contribution in [0.25, 0.3) is 0 Å². The van der Waals surface area contributed by atoms with Crippen molar-refractivity contribution >= 4 is 58.7 Å². The third kappa shape index (κ3) is 11.6. The van der Waals surface area contributed by atoms with Crippen molar-refractivity contribution in [3.8, 4) is 0 Å². The molecule has 58 heavy (non-hydrogen) atoms. The van der Waals surface area contributed by atoms with Crippen molar-refractivity contribution in [3.05, 3.63) is 139 Å². The molecule has 6 rings (SSSR count). The molecule has 0 aliphatic carbocycles. The van der Waals surface area contributed by atoms with Crippen LogP contribution < -0.4 is 0 Å². The Morgan fingerprint density at radius 3 is 1.50 bits per heavy atom. The number of carbonyl (C=O) groups is 2. The van der Waals surface area contributed by atoms with Crippen LogP contribution in [-0.2, 0) is 41.4 Å². The normalized spacial score (nSPS) is 26.9. The van der Waals surface area contributed by atoms with Gasteiger partial charge in [-0.1, -0.05) is 114 Å². The van der Waals surface area contributed by atoms with Gasteiger partial charge in [0.05, 0.1) is 6.10 Å². The van der Waals surface area contributed by atoms with Crippen LogP contribution in [0.3, 0.4) is 0 Å². The Kier molecular flexibility index (Phi) is 16.6. The van der Waals surface area contributed by atoms with Crippen LogP contribution in [0.2, 0.25) is 10.0 Å². The van der Waals surface area contributed by atoms with Crippen LogP contribution in [-0.4, -0.2) is 81.2 Å². The summed E-state index contributed by atoms with van der Waals surface area (Å²) in [6, 6.07) is 28.0. The lowest BCUT2D eigenvalue weighted by Gasteiger charge is -2.44. The average Bonchev–Trinajstić information content (AvgIpc) is 3.19. The SMILES string of the molecule is CS[C@H]1O[C@@H](c2ccc(Cl)c(Cc3ccc(C)cc3)c2)[C@H](C)[C@@H](OC(C)=O)[C@@H]1OC(C)=O.CS[C@H]1O[C@@H](c2ccc(Cl)c(Cc3ccc(C)cc3)c2)[C@H](O)[C@@H](O)[C@@H]1O. The van der Waals surface area contributed by atoms with Crippen molar-refractivity contribution in [1.82, 2.24) is 0 Å². The Labute approximate surface area is 359 Å². The number of hydrogen-bond acceptors (Lipinski definition) is 11. The van der Waals surface area contributed by atoms with Crippen LogP contribution >= 0.6 is 46.7 Å². The van der Waals surface area contributed by atoms with Gasteiger partial charge in [-0.2, -0.15) is 0 Å². The predicted molar refractivity (Wildman–Crippen MR) is 231 cm³/mol. The molecule has 2 saturated heterocycles. The molecule has 0 radical (unpaired) electrons. The first-order valence-corrected chi connectivity index (χ1v) is 22.4. The molecule has 0 bridgehead atoms. The molecule has 3 N–H and O–H groups in total. The minimum atomic E-state index is -1.26. The third-order valence-electron chi connectivity index (χ3n) is 10.3. The molecule has 13 heteroatoms. The van der Waals surface area contributed by atoms with Gasteiger partial charge in [0, 0.05) is 29.8 Å². The van der Waals surface area contributed by atoms with Gasteiger partial charge in [-0.25, -0.2) is 0 Å². The molecule has 0 spiro atoms. The van der Waals surface area contributed by atoms with Gasteiger partial charge in [-0.05, 0) is 84.7 Å². The first kappa shape index (κ1) is 46.0. The smallest absolute Gasteiger partial charge is 0.303 e. The molecule has 2 aliphatic heterocycles. The molecule has 2 heterocycles. The highest BCUT2D eigenvalue weighted by Crippen LogP contribution is 2.43. The summed E-state index contributed by atoms with van der Waals surface area (Å²) in [5.74, 6) is -1.09. The Bertz CT molecular complexity index is 2000. The van der Waals surface area contributed by atoms with Crippen LogP contribution in [0, 0.1) is 19.8 Å². The third-order valence-corrected chi connectivity index (χ3v) is 12.8. The maximum absolute atomic E-state index is 11.8. The van der Waals surface area contributed by atoms with Gasteiger partial charge in [0.25, 0.3) is 0 Å². The van der Waals surface area contributed by atoms with Crippen molar-refractivity contribution in [1.29, 1.82) is 0 Å². The second-order valence-electron chi connectivity index (χ2n) is 14.8. The van der Waals surface area contributed by atoms with E-state index in [1.54, 1.807) is 18.4 Å². The number of thioether (sulfide) groups is 2. The largest absolute Gasteiger partial charge is 0.458 e. The minimum Gasteiger partial charge on any atom is -0.458 e. The average molecular weight is 872 g/mol. The number of esters is 2. The second kappa shape index (κ2) is 20.9. The molecule has 4 aromatic rings. The predicted octanol–water partition coefficient (Wildman–Crippen LogP) is 8.58. The number of rotatable bonds is 10. The van der Waals surface area contributed by atoms with Crippen LogP contribution in [0.4, 0.5) is 0 Å². The van der Waals surface area contributed by atoms with E-state index >= 15 is 0 Å². The van der Waals surface area contributed by atoms with Crippen molar-refractivity contribution in [2.24, 2.45) is 5.92 Å². The van der Waals surface area contributed by atoms with Crippen LogP contribution in [0.1, 0.15) is 77.5 Å². The van der Waals surface area contributed by atoms with E-state index in [2.05, 4.69) is 61.5 Å². The summed E-state index contributed by atoms with van der Waals surface area (Å²) in [5, 5.41) is 31.9. The Morgan fingerprint density at radius 1 is 0.621 bits per heavy atom. The Balaban J connectivity index is 0.000000226. The lowest BCUT2D eigenvalue weighted by atomic mass is 9.86. The fraction of sp³-hybridized carbons (Fsp3) is 0.422. The number of aliphatic hydroxyl groups excluding tert-OH is 3. The van der Waals surface area contributed by atoms with Gasteiger partial charge < -0.3 is 34.3 Å². The molecule has 2 fully saturated rings. The molecule has 312 valence electrons. The number of carbonyl (C=O) groups excluding carboxylic acids is 2. The van der Waals surface area contributed by atoms with Crippen molar-refractivity contribution in [3.63, 3.8) is 0 Å². The molecule has 0 saturated carbocycles. The van der Waals surface area contributed by atoms with Crippen molar-refractivity contribution in [2.45, 2.75) is 101 Å². The molecular weight excluding hydrogens is 820 g/mol. The van der Waals surface area contributed by atoms with Gasteiger partial charge in [0.1, 0.15) is 41.4 Å².